The van der Waals surface area contributed by atoms with Gasteiger partial charge in [-0.3, -0.25) is 0 Å². The average Bonchev–Trinajstić information content (AvgIpc) is 3.26. The Labute approximate surface area is 202 Å². The fraction of sp³-hybridized carbons (Fsp3) is 0.476. The Kier molecular flexibility index (Phi) is 10.3. The predicted octanol–water partition coefficient (Wildman–Crippen LogP) is 1.80. The van der Waals surface area contributed by atoms with Gasteiger partial charge in [0.1, 0.15) is 0 Å². The third-order valence-electron chi connectivity index (χ3n) is 5.13. The number of hydrogen-bond acceptors (Lipinski definition) is 4. The van der Waals surface area contributed by atoms with Gasteiger partial charge < -0.3 is 20.1 Å². The van der Waals surface area contributed by atoms with E-state index in [1.54, 1.807) is 16.4 Å². The summed E-state index contributed by atoms with van der Waals surface area (Å²) in [6, 6.07) is 11.2. The third-order valence-corrected chi connectivity index (χ3v) is 7.13. The molecule has 1 aliphatic heterocycles. The summed E-state index contributed by atoms with van der Waals surface area (Å²) in [5, 5.41) is 6.53. The Balaban J connectivity index is 0.00000341. The summed E-state index contributed by atoms with van der Waals surface area (Å²) in [4.78, 5) is 7.12. The Morgan fingerprint density at radius 1 is 1.03 bits per heavy atom. The Bertz CT molecular complexity index is 925. The standard InChI is InChI=1S/C21H32N6O2S.HI/c1-3-22-21(23-10-13-26-11-6-7-12-26)24-18-19-8-4-5-9-20(19)30(28,29)27-16-14-25(2)15-17-27;/h4-9,11-12H,3,10,13-18H2,1-2H3,(H2,22,23,24);1H. The van der Waals surface area contributed by atoms with E-state index in [1.165, 1.54) is 0 Å². The highest BCUT2D eigenvalue weighted by Crippen LogP contribution is 2.22. The minimum atomic E-state index is -3.53. The maximum absolute atomic E-state index is 13.2. The van der Waals surface area contributed by atoms with Crippen LogP contribution in [0.15, 0.2) is 58.7 Å². The van der Waals surface area contributed by atoms with Gasteiger partial charge in [0.15, 0.2) is 5.96 Å². The maximum Gasteiger partial charge on any atom is 0.243 e. The summed E-state index contributed by atoms with van der Waals surface area (Å²) >= 11 is 0. The average molecular weight is 561 g/mol. The topological polar surface area (TPSA) is 82.0 Å². The fourth-order valence-corrected chi connectivity index (χ4v) is 5.02. The molecule has 3 rings (SSSR count). The molecule has 8 nitrogen and oxygen atoms in total. The number of likely N-dealkylation sites (N-methyl/N-ethyl adjacent to an activating group) is 1. The van der Waals surface area contributed by atoms with Crippen LogP contribution < -0.4 is 10.6 Å². The van der Waals surface area contributed by atoms with Crippen molar-refractivity contribution in [2.24, 2.45) is 4.99 Å². The minimum Gasteiger partial charge on any atom is -0.357 e. The van der Waals surface area contributed by atoms with Crippen molar-refractivity contribution >= 4 is 40.0 Å². The molecule has 0 atom stereocenters. The van der Waals surface area contributed by atoms with Gasteiger partial charge in [-0.05, 0) is 37.7 Å². The van der Waals surface area contributed by atoms with Gasteiger partial charge in [-0.15, -0.1) is 24.0 Å². The molecule has 2 N–H and O–H groups in total. The summed E-state index contributed by atoms with van der Waals surface area (Å²) in [5.41, 5.74) is 0.707. The fourth-order valence-electron chi connectivity index (χ4n) is 3.38. The van der Waals surface area contributed by atoms with Gasteiger partial charge in [0.05, 0.1) is 11.4 Å². The third kappa shape index (κ3) is 7.19. The molecule has 2 heterocycles. The van der Waals surface area contributed by atoms with Gasteiger partial charge in [0, 0.05) is 58.2 Å². The quantitative estimate of drug-likeness (QED) is 0.293. The number of halogens is 1. The van der Waals surface area contributed by atoms with Gasteiger partial charge in [-0.2, -0.15) is 4.31 Å². The van der Waals surface area contributed by atoms with E-state index >= 15 is 0 Å². The second kappa shape index (κ2) is 12.4. The highest BCUT2D eigenvalue weighted by atomic mass is 127. The van der Waals surface area contributed by atoms with E-state index in [-0.39, 0.29) is 24.0 Å². The van der Waals surface area contributed by atoms with Gasteiger partial charge in [0.2, 0.25) is 10.0 Å². The normalized spacial score (nSPS) is 16.0. The molecule has 1 aliphatic rings. The van der Waals surface area contributed by atoms with Crippen molar-refractivity contribution in [1.82, 2.24) is 24.4 Å². The van der Waals surface area contributed by atoms with Crippen LogP contribution in [0.3, 0.4) is 0 Å². The van der Waals surface area contributed by atoms with Crippen molar-refractivity contribution in [1.29, 1.82) is 0 Å². The first kappa shape index (κ1) is 25.6. The van der Waals surface area contributed by atoms with Crippen LogP contribution in [0.1, 0.15) is 12.5 Å². The number of piperazine rings is 1. The van der Waals surface area contributed by atoms with Crippen LogP contribution in [-0.4, -0.2) is 74.5 Å². The lowest BCUT2D eigenvalue weighted by molar-refractivity contribution is 0.222. The molecule has 0 radical (unpaired) electrons. The molecule has 0 bridgehead atoms. The summed E-state index contributed by atoms with van der Waals surface area (Å²) in [6.07, 6.45) is 4.04. The molecule has 31 heavy (non-hydrogen) atoms. The molecular formula is C21H33IN6O2S. The van der Waals surface area contributed by atoms with Crippen LogP contribution in [0.25, 0.3) is 0 Å². The number of nitrogens with zero attached hydrogens (tertiary/aromatic N) is 4. The molecule has 1 aromatic heterocycles. The van der Waals surface area contributed by atoms with Crippen LogP contribution >= 0.6 is 24.0 Å². The number of nitrogens with one attached hydrogen (secondary N) is 2. The van der Waals surface area contributed by atoms with E-state index < -0.39 is 10.0 Å². The summed E-state index contributed by atoms with van der Waals surface area (Å²) in [7, 11) is -1.52. The molecule has 10 heteroatoms. The lowest BCUT2D eigenvalue weighted by Gasteiger charge is -2.32. The first-order chi connectivity index (χ1) is 14.5. The highest BCUT2D eigenvalue weighted by molar-refractivity contribution is 14.0. The lowest BCUT2D eigenvalue weighted by Crippen LogP contribution is -2.47. The van der Waals surface area contributed by atoms with Crippen molar-refractivity contribution in [3.63, 3.8) is 0 Å². The van der Waals surface area contributed by atoms with E-state index in [2.05, 4.69) is 25.1 Å². The second-order valence-corrected chi connectivity index (χ2v) is 9.26. The number of hydrogen-bond donors (Lipinski definition) is 2. The van der Waals surface area contributed by atoms with Gasteiger partial charge >= 0.3 is 0 Å². The van der Waals surface area contributed by atoms with Crippen molar-refractivity contribution < 1.29 is 8.42 Å². The van der Waals surface area contributed by atoms with Crippen molar-refractivity contribution in [2.45, 2.75) is 24.9 Å². The van der Waals surface area contributed by atoms with Gasteiger partial charge in [0.25, 0.3) is 0 Å². The van der Waals surface area contributed by atoms with E-state index in [4.69, 9.17) is 0 Å². The van der Waals surface area contributed by atoms with Crippen molar-refractivity contribution in [2.75, 3.05) is 46.3 Å². The smallest absolute Gasteiger partial charge is 0.243 e. The maximum atomic E-state index is 13.2. The molecular weight excluding hydrogens is 527 g/mol. The summed E-state index contributed by atoms with van der Waals surface area (Å²) < 4.78 is 30.1. The molecule has 172 valence electrons. The van der Waals surface area contributed by atoms with E-state index in [9.17, 15) is 8.42 Å². The van der Waals surface area contributed by atoms with Crippen LogP contribution in [0.2, 0.25) is 0 Å². The predicted molar refractivity (Wildman–Crippen MR) is 135 cm³/mol. The van der Waals surface area contributed by atoms with Gasteiger partial charge in [-0.1, -0.05) is 18.2 Å². The Morgan fingerprint density at radius 2 is 1.71 bits per heavy atom. The molecule has 2 aromatic rings. The molecule has 0 saturated carbocycles. The number of sulfonamides is 1. The molecule has 0 spiro atoms. The van der Waals surface area contributed by atoms with E-state index in [1.807, 2.05) is 50.6 Å². The summed E-state index contributed by atoms with van der Waals surface area (Å²) in [5.74, 6) is 0.677. The highest BCUT2D eigenvalue weighted by Gasteiger charge is 2.29. The molecule has 1 aromatic carbocycles. The lowest BCUT2D eigenvalue weighted by atomic mass is 10.2. The number of aliphatic imine (C=N–C) groups is 1. The number of guanidine groups is 1. The zero-order valence-corrected chi connectivity index (χ0v) is 21.3. The molecule has 0 amide bonds. The molecule has 1 fully saturated rings. The number of aromatic nitrogens is 1. The van der Waals surface area contributed by atoms with E-state index in [0.717, 1.165) is 32.7 Å². The van der Waals surface area contributed by atoms with Gasteiger partial charge in [-0.25, -0.2) is 13.4 Å². The Hall–Kier alpha value is -1.63. The second-order valence-electron chi connectivity index (χ2n) is 7.36. The Morgan fingerprint density at radius 3 is 2.39 bits per heavy atom. The van der Waals surface area contributed by atoms with Crippen LogP contribution in [0.5, 0.6) is 0 Å². The van der Waals surface area contributed by atoms with Crippen molar-refractivity contribution in [3.05, 3.63) is 54.4 Å². The largest absolute Gasteiger partial charge is 0.357 e. The number of rotatable bonds is 8. The first-order valence-electron chi connectivity index (χ1n) is 10.4. The SMILES string of the molecule is CCNC(=NCc1ccccc1S(=O)(=O)N1CCN(C)CC1)NCCn1cccc1.I. The molecule has 1 saturated heterocycles. The van der Waals surface area contributed by atoms with E-state index in [0.29, 0.717) is 36.1 Å². The van der Waals surface area contributed by atoms with Crippen LogP contribution in [0, 0.1) is 0 Å². The number of benzene rings is 1. The van der Waals surface area contributed by atoms with Crippen molar-refractivity contribution in [3.8, 4) is 0 Å². The zero-order chi connectivity index (χ0) is 21.4. The molecule has 0 aliphatic carbocycles. The minimum absolute atomic E-state index is 0. The molecule has 0 unspecified atom stereocenters. The monoisotopic (exact) mass is 560 g/mol. The summed E-state index contributed by atoms with van der Waals surface area (Å²) in [6.45, 7) is 7.10. The van der Waals surface area contributed by atoms with Crippen LogP contribution in [-0.2, 0) is 23.1 Å². The van der Waals surface area contributed by atoms with Crippen LogP contribution in [0.4, 0.5) is 0 Å². The zero-order valence-electron chi connectivity index (χ0n) is 18.2. The first-order valence-corrected chi connectivity index (χ1v) is 11.8.